The van der Waals surface area contributed by atoms with Gasteiger partial charge in [-0.15, -0.1) is 5.10 Å². The number of nitrogens with one attached hydrogen (secondary N) is 2. The van der Waals surface area contributed by atoms with Gasteiger partial charge in [-0.25, -0.2) is 0 Å². The largest absolute Gasteiger partial charge is 0.340 e. The molecule has 6 heteroatoms. The zero-order valence-corrected chi connectivity index (χ0v) is 11.7. The van der Waals surface area contributed by atoms with Crippen LogP contribution in [0.15, 0.2) is 24.5 Å². The van der Waals surface area contributed by atoms with E-state index < -0.39 is 0 Å². The van der Waals surface area contributed by atoms with Gasteiger partial charge in [-0.3, -0.25) is 10.1 Å². The maximum Gasteiger partial charge on any atom is 0.245 e. The van der Waals surface area contributed by atoms with Crippen LogP contribution in [-0.4, -0.2) is 46.8 Å². The van der Waals surface area contributed by atoms with E-state index in [2.05, 4.69) is 30.4 Å². The van der Waals surface area contributed by atoms with Crippen molar-refractivity contribution < 1.29 is 0 Å². The number of rotatable bonds is 4. The second kappa shape index (κ2) is 6.00. The summed E-state index contributed by atoms with van der Waals surface area (Å²) in [4.78, 5) is 10.9. The second-order valence-electron chi connectivity index (χ2n) is 5.21. The molecular formula is C14H20N6. The smallest absolute Gasteiger partial charge is 0.245 e. The molecule has 0 saturated carbocycles. The van der Waals surface area contributed by atoms with Crippen molar-refractivity contribution in [2.24, 2.45) is 5.92 Å². The van der Waals surface area contributed by atoms with Gasteiger partial charge in [0.1, 0.15) is 0 Å². The van der Waals surface area contributed by atoms with E-state index in [1.165, 1.54) is 12.8 Å². The molecule has 0 spiro atoms. The first kappa shape index (κ1) is 13.1. The van der Waals surface area contributed by atoms with Crippen LogP contribution in [0.4, 0.5) is 5.95 Å². The Kier molecular flexibility index (Phi) is 3.92. The topological polar surface area (TPSA) is 69.7 Å². The minimum absolute atomic E-state index is 0.773. The molecule has 1 aliphatic rings. The summed E-state index contributed by atoms with van der Waals surface area (Å²) >= 11 is 0. The Morgan fingerprint density at radius 2 is 2.05 bits per heavy atom. The van der Waals surface area contributed by atoms with Gasteiger partial charge in [-0.05, 0) is 44.5 Å². The SMILES string of the molecule is CNCC1CCN(c2n[nH]c(-c3ccncc3)n2)CC1. The highest BCUT2D eigenvalue weighted by atomic mass is 15.4. The van der Waals surface area contributed by atoms with Crippen molar-refractivity contribution in [3.63, 3.8) is 0 Å². The predicted molar refractivity (Wildman–Crippen MR) is 78.5 cm³/mol. The third-order valence-electron chi connectivity index (χ3n) is 3.82. The number of H-pyrrole nitrogens is 1. The van der Waals surface area contributed by atoms with Crippen molar-refractivity contribution in [1.29, 1.82) is 0 Å². The third kappa shape index (κ3) is 2.80. The van der Waals surface area contributed by atoms with Crippen LogP contribution < -0.4 is 10.2 Å². The lowest BCUT2D eigenvalue weighted by Crippen LogP contribution is -2.37. The van der Waals surface area contributed by atoms with Crippen LogP contribution in [0.25, 0.3) is 11.4 Å². The minimum Gasteiger partial charge on any atom is -0.340 e. The molecule has 1 aliphatic heterocycles. The van der Waals surface area contributed by atoms with Crippen molar-refractivity contribution in [3.05, 3.63) is 24.5 Å². The van der Waals surface area contributed by atoms with E-state index in [0.717, 1.165) is 42.9 Å². The van der Waals surface area contributed by atoms with Gasteiger partial charge in [-0.2, -0.15) is 4.98 Å². The summed E-state index contributed by atoms with van der Waals surface area (Å²) in [5.41, 5.74) is 1.02. The van der Waals surface area contributed by atoms with E-state index in [4.69, 9.17) is 0 Å². The molecule has 3 heterocycles. The van der Waals surface area contributed by atoms with Crippen molar-refractivity contribution in [1.82, 2.24) is 25.5 Å². The van der Waals surface area contributed by atoms with Gasteiger partial charge in [0.15, 0.2) is 5.82 Å². The molecule has 1 saturated heterocycles. The molecule has 0 aromatic carbocycles. The number of hydrogen-bond donors (Lipinski definition) is 2. The number of piperidine rings is 1. The Bertz CT molecular complexity index is 530. The number of anilines is 1. The van der Waals surface area contributed by atoms with Gasteiger partial charge in [0.05, 0.1) is 0 Å². The normalized spacial score (nSPS) is 16.6. The Labute approximate surface area is 118 Å². The fraction of sp³-hybridized carbons (Fsp3) is 0.500. The molecule has 2 aromatic heterocycles. The van der Waals surface area contributed by atoms with E-state index in [-0.39, 0.29) is 0 Å². The Balaban J connectivity index is 1.66. The Morgan fingerprint density at radius 3 is 2.75 bits per heavy atom. The van der Waals surface area contributed by atoms with Gasteiger partial charge >= 0.3 is 0 Å². The van der Waals surface area contributed by atoms with Crippen LogP contribution >= 0.6 is 0 Å². The number of aromatic amines is 1. The van der Waals surface area contributed by atoms with Crippen molar-refractivity contribution >= 4 is 5.95 Å². The molecule has 6 nitrogen and oxygen atoms in total. The van der Waals surface area contributed by atoms with Gasteiger partial charge in [-0.1, -0.05) is 0 Å². The number of aromatic nitrogens is 4. The van der Waals surface area contributed by atoms with Gasteiger partial charge in [0, 0.05) is 31.0 Å². The highest BCUT2D eigenvalue weighted by molar-refractivity contribution is 5.55. The van der Waals surface area contributed by atoms with Crippen LogP contribution in [0, 0.1) is 5.92 Å². The van der Waals surface area contributed by atoms with Crippen LogP contribution in [0.1, 0.15) is 12.8 Å². The first-order valence-corrected chi connectivity index (χ1v) is 7.09. The molecule has 0 unspecified atom stereocenters. The van der Waals surface area contributed by atoms with E-state index in [0.29, 0.717) is 0 Å². The van der Waals surface area contributed by atoms with Gasteiger partial charge < -0.3 is 10.2 Å². The number of nitrogens with zero attached hydrogens (tertiary/aromatic N) is 4. The lowest BCUT2D eigenvalue weighted by molar-refractivity contribution is 0.391. The van der Waals surface area contributed by atoms with E-state index in [1.807, 2.05) is 19.2 Å². The fourth-order valence-electron chi connectivity index (χ4n) is 2.66. The first-order chi connectivity index (χ1) is 9.86. The molecule has 1 fully saturated rings. The average molecular weight is 272 g/mol. The molecule has 106 valence electrons. The van der Waals surface area contributed by atoms with Crippen molar-refractivity contribution in [3.8, 4) is 11.4 Å². The molecule has 0 bridgehead atoms. The first-order valence-electron chi connectivity index (χ1n) is 7.09. The molecule has 20 heavy (non-hydrogen) atoms. The Hall–Kier alpha value is -1.95. The lowest BCUT2D eigenvalue weighted by atomic mass is 9.97. The standard InChI is InChI=1S/C14H20N6/c1-15-10-11-4-8-20(9-5-11)14-17-13(18-19-14)12-2-6-16-7-3-12/h2-3,6-7,11,15H,4-5,8-10H2,1H3,(H,17,18,19). The van der Waals surface area contributed by atoms with Crippen LogP contribution in [0.3, 0.4) is 0 Å². The number of pyridine rings is 1. The third-order valence-corrected chi connectivity index (χ3v) is 3.82. The van der Waals surface area contributed by atoms with E-state index in [9.17, 15) is 0 Å². The number of hydrogen-bond acceptors (Lipinski definition) is 5. The summed E-state index contributed by atoms with van der Waals surface area (Å²) in [6.45, 7) is 3.16. The zero-order chi connectivity index (χ0) is 13.8. The Morgan fingerprint density at radius 1 is 1.30 bits per heavy atom. The van der Waals surface area contributed by atoms with Crippen LogP contribution in [-0.2, 0) is 0 Å². The molecule has 2 N–H and O–H groups in total. The quantitative estimate of drug-likeness (QED) is 0.878. The predicted octanol–water partition coefficient (Wildman–Crippen LogP) is 1.30. The zero-order valence-electron chi connectivity index (χ0n) is 11.7. The summed E-state index contributed by atoms with van der Waals surface area (Å²) in [5, 5.41) is 10.6. The molecule has 2 aromatic rings. The highest BCUT2D eigenvalue weighted by Crippen LogP contribution is 2.22. The summed E-state index contributed by atoms with van der Waals surface area (Å²) in [5.74, 6) is 2.38. The summed E-state index contributed by atoms with van der Waals surface area (Å²) in [6, 6.07) is 3.87. The van der Waals surface area contributed by atoms with E-state index >= 15 is 0 Å². The van der Waals surface area contributed by atoms with Crippen LogP contribution in [0.2, 0.25) is 0 Å². The summed E-state index contributed by atoms with van der Waals surface area (Å²) in [6.07, 6.45) is 5.92. The van der Waals surface area contributed by atoms with E-state index in [1.54, 1.807) is 12.4 Å². The van der Waals surface area contributed by atoms with Crippen molar-refractivity contribution in [2.75, 3.05) is 31.6 Å². The lowest BCUT2D eigenvalue weighted by Gasteiger charge is -2.30. The molecule has 0 atom stereocenters. The maximum atomic E-state index is 4.59. The molecular weight excluding hydrogens is 252 g/mol. The summed E-state index contributed by atoms with van der Waals surface area (Å²) in [7, 11) is 2.02. The van der Waals surface area contributed by atoms with Gasteiger partial charge in [0.25, 0.3) is 0 Å². The summed E-state index contributed by atoms with van der Waals surface area (Å²) < 4.78 is 0. The monoisotopic (exact) mass is 272 g/mol. The maximum absolute atomic E-state index is 4.59. The fourth-order valence-corrected chi connectivity index (χ4v) is 2.66. The molecule has 0 amide bonds. The van der Waals surface area contributed by atoms with Crippen LogP contribution in [0.5, 0.6) is 0 Å². The minimum atomic E-state index is 0.773. The molecule has 3 rings (SSSR count). The highest BCUT2D eigenvalue weighted by Gasteiger charge is 2.21. The molecule has 0 radical (unpaired) electrons. The van der Waals surface area contributed by atoms with Crippen molar-refractivity contribution in [2.45, 2.75) is 12.8 Å². The average Bonchev–Trinajstić information content (AvgIpc) is 2.99. The second-order valence-corrected chi connectivity index (χ2v) is 5.21. The van der Waals surface area contributed by atoms with Gasteiger partial charge in [0.2, 0.25) is 5.95 Å². The molecule has 0 aliphatic carbocycles.